The van der Waals surface area contributed by atoms with Crippen molar-refractivity contribution in [3.05, 3.63) is 72.8 Å². The molecule has 45 heavy (non-hydrogen) atoms. The van der Waals surface area contributed by atoms with E-state index in [2.05, 4.69) is 27.0 Å². The monoisotopic (exact) mass is 614 g/mol. The summed E-state index contributed by atoms with van der Waals surface area (Å²) in [5.41, 5.74) is 3.84. The van der Waals surface area contributed by atoms with Crippen molar-refractivity contribution in [3.8, 4) is 22.6 Å². The molecule has 2 aromatic carbocycles. The number of rotatable bonds is 10. The zero-order chi connectivity index (χ0) is 32.1. The van der Waals surface area contributed by atoms with Gasteiger partial charge >= 0.3 is 23.9 Å². The van der Waals surface area contributed by atoms with E-state index in [-0.39, 0.29) is 35.6 Å². The van der Waals surface area contributed by atoms with Crippen molar-refractivity contribution < 1.29 is 38.1 Å². The summed E-state index contributed by atoms with van der Waals surface area (Å²) in [6.07, 6.45) is 8.34. The highest BCUT2D eigenvalue weighted by molar-refractivity contribution is 5.84. The highest BCUT2D eigenvalue weighted by Crippen LogP contribution is 2.50. The van der Waals surface area contributed by atoms with Crippen LogP contribution in [0.1, 0.15) is 76.3 Å². The fraction of sp³-hybridized carbons (Fsp3) is 0.459. The molecule has 2 aromatic rings. The van der Waals surface area contributed by atoms with Gasteiger partial charge in [-0.2, -0.15) is 0 Å². The molecule has 0 unspecified atom stereocenters. The van der Waals surface area contributed by atoms with Gasteiger partial charge in [0.05, 0.1) is 25.0 Å². The minimum absolute atomic E-state index is 0.183. The summed E-state index contributed by atoms with van der Waals surface area (Å²) in [5, 5.41) is 0. The molecule has 2 saturated carbocycles. The summed E-state index contributed by atoms with van der Waals surface area (Å²) in [5.74, 6) is -0.141. The molecule has 0 heterocycles. The zero-order valence-electron chi connectivity index (χ0n) is 26.2. The van der Waals surface area contributed by atoms with Crippen LogP contribution in [0.25, 0.3) is 11.1 Å². The molecule has 0 aromatic heterocycles. The van der Waals surface area contributed by atoms with Gasteiger partial charge in [-0.15, -0.1) is 0 Å². The standard InChI is InChI=1S/C37H42O8/c1-5-33(38)42-21-23-7-11-25(12-8-23)35(40)44-27-15-17-29-30-18-16-28(20-32(30)37(3,4)31(29)19-27)45-36(41)26-13-9-24(10-14-26)22-43-34(39)6-2/h5-6,15-20,23-26H,1-2,7-14,21-22H2,3-4H3. The number of carbonyl (C=O) groups is 4. The van der Waals surface area contributed by atoms with Crippen LogP contribution in [0.15, 0.2) is 61.7 Å². The molecular weight excluding hydrogens is 572 g/mol. The minimum Gasteiger partial charge on any atom is -0.462 e. The lowest BCUT2D eigenvalue weighted by Crippen LogP contribution is -2.27. The molecule has 3 aliphatic rings. The molecule has 0 bridgehead atoms. The fourth-order valence-electron chi connectivity index (χ4n) is 6.87. The van der Waals surface area contributed by atoms with Gasteiger partial charge < -0.3 is 18.9 Å². The Morgan fingerprint density at radius 2 is 1.04 bits per heavy atom. The van der Waals surface area contributed by atoms with Crippen LogP contribution < -0.4 is 9.47 Å². The van der Waals surface area contributed by atoms with Crippen molar-refractivity contribution in [1.29, 1.82) is 0 Å². The van der Waals surface area contributed by atoms with E-state index in [0.717, 1.165) is 60.1 Å². The predicted octanol–water partition coefficient (Wildman–Crippen LogP) is 6.87. The Balaban J connectivity index is 1.17. The van der Waals surface area contributed by atoms with E-state index in [1.807, 2.05) is 36.4 Å². The summed E-state index contributed by atoms with van der Waals surface area (Å²) < 4.78 is 22.1. The van der Waals surface area contributed by atoms with Gasteiger partial charge in [0.1, 0.15) is 11.5 Å². The van der Waals surface area contributed by atoms with Crippen LogP contribution in [-0.4, -0.2) is 37.1 Å². The molecule has 0 spiro atoms. The van der Waals surface area contributed by atoms with E-state index in [4.69, 9.17) is 18.9 Å². The number of carbonyl (C=O) groups excluding carboxylic acids is 4. The number of benzene rings is 2. The molecule has 5 rings (SSSR count). The average Bonchev–Trinajstić information content (AvgIpc) is 3.27. The number of esters is 4. The van der Waals surface area contributed by atoms with Crippen LogP contribution in [-0.2, 0) is 34.1 Å². The maximum atomic E-state index is 13.0. The van der Waals surface area contributed by atoms with E-state index in [1.165, 1.54) is 0 Å². The lowest BCUT2D eigenvalue weighted by Gasteiger charge is -2.27. The second-order valence-corrected chi connectivity index (χ2v) is 13.0. The number of hydrogen-bond donors (Lipinski definition) is 0. The van der Waals surface area contributed by atoms with Gasteiger partial charge in [-0.05, 0) is 110 Å². The fourth-order valence-corrected chi connectivity index (χ4v) is 6.87. The Hall–Kier alpha value is -4.20. The molecule has 3 aliphatic carbocycles. The van der Waals surface area contributed by atoms with Crippen LogP contribution in [0, 0.1) is 23.7 Å². The summed E-state index contributed by atoms with van der Waals surface area (Å²) in [6.45, 7) is 11.8. The van der Waals surface area contributed by atoms with Gasteiger partial charge in [0, 0.05) is 17.6 Å². The SMILES string of the molecule is C=CC(=O)OCC1CCC(C(=O)Oc2ccc3c(c2)C(C)(C)c2cc(OC(=O)C4CCC(COC(=O)C=C)CC4)ccc2-3)CC1. The lowest BCUT2D eigenvalue weighted by molar-refractivity contribution is -0.143. The second kappa shape index (κ2) is 13.8. The third kappa shape index (κ3) is 7.38. The highest BCUT2D eigenvalue weighted by atomic mass is 16.5. The Morgan fingerprint density at radius 3 is 1.40 bits per heavy atom. The first-order valence-corrected chi connectivity index (χ1v) is 15.9. The molecular formula is C37H42O8. The smallest absolute Gasteiger partial charge is 0.330 e. The summed E-state index contributed by atoms with van der Waals surface area (Å²) in [7, 11) is 0. The van der Waals surface area contributed by atoms with Gasteiger partial charge in [0.25, 0.3) is 0 Å². The molecule has 238 valence electrons. The first-order chi connectivity index (χ1) is 21.6. The first-order valence-electron chi connectivity index (χ1n) is 15.9. The van der Waals surface area contributed by atoms with E-state index < -0.39 is 17.4 Å². The molecule has 0 atom stereocenters. The van der Waals surface area contributed by atoms with E-state index in [0.29, 0.717) is 50.4 Å². The predicted molar refractivity (Wildman–Crippen MR) is 168 cm³/mol. The third-order valence-electron chi connectivity index (χ3n) is 9.67. The Labute approximate surface area is 264 Å². The summed E-state index contributed by atoms with van der Waals surface area (Å²) in [6, 6.07) is 11.6. The van der Waals surface area contributed by atoms with Gasteiger partial charge in [-0.3, -0.25) is 9.59 Å². The number of fused-ring (bicyclic) bond motifs is 3. The van der Waals surface area contributed by atoms with Crippen molar-refractivity contribution in [2.24, 2.45) is 23.7 Å². The van der Waals surface area contributed by atoms with Crippen molar-refractivity contribution in [1.82, 2.24) is 0 Å². The van der Waals surface area contributed by atoms with E-state index in [1.54, 1.807) is 0 Å². The minimum atomic E-state index is -0.420. The maximum Gasteiger partial charge on any atom is 0.330 e. The number of hydrogen-bond acceptors (Lipinski definition) is 8. The van der Waals surface area contributed by atoms with Crippen LogP contribution in [0.3, 0.4) is 0 Å². The van der Waals surface area contributed by atoms with Gasteiger partial charge in [0.2, 0.25) is 0 Å². The quantitative estimate of drug-likeness (QED) is 0.162. The average molecular weight is 615 g/mol. The summed E-state index contributed by atoms with van der Waals surface area (Å²) in [4.78, 5) is 48.8. The summed E-state index contributed by atoms with van der Waals surface area (Å²) >= 11 is 0. The molecule has 2 fully saturated rings. The van der Waals surface area contributed by atoms with Crippen molar-refractivity contribution in [2.75, 3.05) is 13.2 Å². The Bertz CT molecular complexity index is 1360. The van der Waals surface area contributed by atoms with Crippen molar-refractivity contribution >= 4 is 23.9 Å². The van der Waals surface area contributed by atoms with Crippen molar-refractivity contribution in [2.45, 2.75) is 70.6 Å². The zero-order valence-corrected chi connectivity index (χ0v) is 26.2. The first kappa shape index (κ1) is 32.2. The molecule has 0 saturated heterocycles. The Kier molecular flexibility index (Phi) is 9.90. The largest absolute Gasteiger partial charge is 0.462 e. The Morgan fingerprint density at radius 1 is 0.667 bits per heavy atom. The van der Waals surface area contributed by atoms with E-state index >= 15 is 0 Å². The third-order valence-corrected chi connectivity index (χ3v) is 9.67. The van der Waals surface area contributed by atoms with Crippen LogP contribution in [0.4, 0.5) is 0 Å². The van der Waals surface area contributed by atoms with Crippen molar-refractivity contribution in [3.63, 3.8) is 0 Å². The maximum absolute atomic E-state index is 13.0. The molecule has 0 aliphatic heterocycles. The van der Waals surface area contributed by atoms with E-state index in [9.17, 15) is 19.2 Å². The second-order valence-electron chi connectivity index (χ2n) is 13.0. The van der Waals surface area contributed by atoms with Gasteiger partial charge in [-0.1, -0.05) is 39.1 Å². The molecule has 0 radical (unpaired) electrons. The lowest BCUT2D eigenvalue weighted by atomic mass is 9.82. The molecule has 8 nitrogen and oxygen atoms in total. The molecule has 0 amide bonds. The highest BCUT2D eigenvalue weighted by Gasteiger charge is 2.37. The van der Waals surface area contributed by atoms with Crippen LogP contribution >= 0.6 is 0 Å². The number of ether oxygens (including phenoxy) is 4. The van der Waals surface area contributed by atoms with Crippen LogP contribution in [0.2, 0.25) is 0 Å². The molecule has 8 heteroatoms. The molecule has 0 N–H and O–H groups in total. The topological polar surface area (TPSA) is 105 Å². The van der Waals surface area contributed by atoms with Gasteiger partial charge in [0.15, 0.2) is 0 Å². The normalized spacial score (nSPS) is 23.1. The van der Waals surface area contributed by atoms with Gasteiger partial charge in [-0.25, -0.2) is 9.59 Å². The van der Waals surface area contributed by atoms with Crippen LogP contribution in [0.5, 0.6) is 11.5 Å².